The first-order valence-electron chi connectivity index (χ1n) is 8.53. The maximum atomic E-state index is 13.2. The van der Waals surface area contributed by atoms with Crippen LogP contribution in [0, 0.1) is 0 Å². The maximum absolute atomic E-state index is 13.2. The van der Waals surface area contributed by atoms with Crippen LogP contribution in [0.15, 0.2) is 76.0 Å². The van der Waals surface area contributed by atoms with Crippen molar-refractivity contribution >= 4 is 39.8 Å². The number of carbonyl (C=O) groups excluding carboxylic acids is 1. The zero-order valence-electron chi connectivity index (χ0n) is 15.0. The summed E-state index contributed by atoms with van der Waals surface area (Å²) in [7, 11) is 1.59. The fraction of sp³-hybridized carbons (Fsp3) is 0.0952. The molecule has 0 bridgehead atoms. The molecular weight excluding hydrogens is 392 g/mol. The quantitative estimate of drug-likeness (QED) is 0.268. The Hall–Kier alpha value is -2.90. The first kappa shape index (κ1) is 18.5. The Morgan fingerprint density at radius 1 is 1.11 bits per heavy atom. The van der Waals surface area contributed by atoms with E-state index in [-0.39, 0.29) is 17.1 Å². The molecule has 0 spiro atoms. The fourth-order valence-electron chi connectivity index (χ4n) is 2.81. The third kappa shape index (κ3) is 3.58. The molecule has 0 fully saturated rings. The number of hydrogen-bond donors (Lipinski definition) is 0. The number of carbonyl (C=O) groups is 1. The van der Waals surface area contributed by atoms with Crippen molar-refractivity contribution in [2.75, 3.05) is 12.9 Å². The molecular formula is C21H16N2O3S2. The van der Waals surface area contributed by atoms with Crippen molar-refractivity contribution in [2.24, 2.45) is 0 Å². The van der Waals surface area contributed by atoms with Gasteiger partial charge in [0.15, 0.2) is 10.9 Å². The lowest BCUT2D eigenvalue weighted by atomic mass is 10.2. The van der Waals surface area contributed by atoms with Crippen molar-refractivity contribution in [3.8, 4) is 11.4 Å². The van der Waals surface area contributed by atoms with Gasteiger partial charge in [0.2, 0.25) is 0 Å². The van der Waals surface area contributed by atoms with Crippen molar-refractivity contribution < 1.29 is 9.53 Å². The van der Waals surface area contributed by atoms with Crippen LogP contribution in [-0.2, 0) is 0 Å². The van der Waals surface area contributed by atoms with Gasteiger partial charge in [0.25, 0.3) is 5.56 Å². The number of hydrogen-bond acceptors (Lipinski definition) is 6. The highest BCUT2D eigenvalue weighted by Crippen LogP contribution is 2.24. The van der Waals surface area contributed by atoms with Crippen LogP contribution in [0.2, 0.25) is 0 Å². The summed E-state index contributed by atoms with van der Waals surface area (Å²) in [5.41, 5.74) is 1.13. The Morgan fingerprint density at radius 2 is 1.89 bits per heavy atom. The van der Waals surface area contributed by atoms with E-state index in [4.69, 9.17) is 4.74 Å². The summed E-state index contributed by atoms with van der Waals surface area (Å²) in [5, 5.41) is 2.89. The molecule has 4 aromatic rings. The number of thioether (sulfide) groups is 1. The predicted octanol–water partition coefficient (Wildman–Crippen LogP) is 4.43. The van der Waals surface area contributed by atoms with Gasteiger partial charge in [-0.3, -0.25) is 14.2 Å². The van der Waals surface area contributed by atoms with Gasteiger partial charge in [-0.25, -0.2) is 4.98 Å². The van der Waals surface area contributed by atoms with Crippen LogP contribution >= 0.6 is 23.1 Å². The first-order valence-corrected chi connectivity index (χ1v) is 10.4. The maximum Gasteiger partial charge on any atom is 0.266 e. The molecule has 0 saturated carbocycles. The van der Waals surface area contributed by atoms with Gasteiger partial charge >= 0.3 is 0 Å². The van der Waals surface area contributed by atoms with Gasteiger partial charge in [-0.05, 0) is 47.8 Å². The zero-order valence-corrected chi connectivity index (χ0v) is 16.6. The molecule has 0 aliphatic heterocycles. The molecule has 4 rings (SSSR count). The lowest BCUT2D eigenvalue weighted by Gasteiger charge is -2.13. The minimum atomic E-state index is -0.165. The van der Waals surface area contributed by atoms with Crippen LogP contribution in [0.25, 0.3) is 16.6 Å². The first-order chi connectivity index (χ1) is 13.7. The highest BCUT2D eigenvalue weighted by atomic mass is 32.2. The average molecular weight is 409 g/mol. The van der Waals surface area contributed by atoms with Gasteiger partial charge in [0.05, 0.1) is 34.3 Å². The molecule has 28 heavy (non-hydrogen) atoms. The SMILES string of the molecule is COc1ccc(-n2c(SCC(=O)c3cccs3)nc3ccccc3c2=O)cc1. The number of nitrogens with zero attached hydrogens (tertiary/aromatic N) is 2. The highest BCUT2D eigenvalue weighted by Gasteiger charge is 2.16. The number of methoxy groups -OCH3 is 1. The van der Waals surface area contributed by atoms with E-state index in [1.807, 2.05) is 35.7 Å². The van der Waals surface area contributed by atoms with Gasteiger partial charge in [0, 0.05) is 0 Å². The molecule has 0 aliphatic rings. The van der Waals surface area contributed by atoms with Crippen LogP contribution in [0.5, 0.6) is 5.75 Å². The van der Waals surface area contributed by atoms with Gasteiger partial charge in [-0.1, -0.05) is 30.0 Å². The van der Waals surface area contributed by atoms with Crippen molar-refractivity contribution in [2.45, 2.75) is 5.16 Å². The monoisotopic (exact) mass is 408 g/mol. The number of ketones is 1. The topological polar surface area (TPSA) is 61.2 Å². The molecule has 2 heterocycles. The van der Waals surface area contributed by atoms with Gasteiger partial charge < -0.3 is 4.74 Å². The Labute approximate surface area is 169 Å². The molecule has 0 atom stereocenters. The van der Waals surface area contributed by atoms with Gasteiger partial charge in [-0.15, -0.1) is 11.3 Å². The number of aromatic nitrogens is 2. The number of rotatable bonds is 6. The van der Waals surface area contributed by atoms with Crippen molar-refractivity contribution in [3.05, 3.63) is 81.3 Å². The molecule has 0 unspecified atom stereocenters. The molecule has 0 saturated heterocycles. The summed E-state index contributed by atoms with van der Waals surface area (Å²) in [6.45, 7) is 0. The van der Waals surface area contributed by atoms with Crippen molar-refractivity contribution in [3.63, 3.8) is 0 Å². The average Bonchev–Trinajstić information content (AvgIpc) is 3.27. The summed E-state index contributed by atoms with van der Waals surface area (Å²) < 4.78 is 6.75. The molecule has 0 radical (unpaired) electrons. The predicted molar refractivity (Wildman–Crippen MR) is 113 cm³/mol. The number of para-hydroxylation sites is 1. The van der Waals surface area contributed by atoms with E-state index in [2.05, 4.69) is 4.98 Å². The molecule has 0 aliphatic carbocycles. The van der Waals surface area contributed by atoms with E-state index in [1.165, 1.54) is 23.1 Å². The number of benzene rings is 2. The summed E-state index contributed by atoms with van der Waals surface area (Å²) in [5.74, 6) is 0.929. The van der Waals surface area contributed by atoms with Crippen molar-refractivity contribution in [1.29, 1.82) is 0 Å². The molecule has 2 aromatic carbocycles. The van der Waals surface area contributed by atoms with Crippen LogP contribution in [-0.4, -0.2) is 28.2 Å². The lowest BCUT2D eigenvalue weighted by molar-refractivity contribution is 0.102. The normalized spacial score (nSPS) is 10.9. The smallest absolute Gasteiger partial charge is 0.266 e. The van der Waals surface area contributed by atoms with Crippen LogP contribution in [0.3, 0.4) is 0 Å². The Kier molecular flexibility index (Phi) is 5.27. The van der Waals surface area contributed by atoms with E-state index >= 15 is 0 Å². The molecule has 5 nitrogen and oxygen atoms in total. The number of ether oxygens (including phenoxy) is 1. The molecule has 0 amide bonds. The number of fused-ring (bicyclic) bond motifs is 1. The second-order valence-corrected chi connectivity index (χ2v) is 7.83. The molecule has 2 aromatic heterocycles. The van der Waals surface area contributed by atoms with Gasteiger partial charge in [-0.2, -0.15) is 0 Å². The van der Waals surface area contributed by atoms with E-state index < -0.39 is 0 Å². The molecule has 140 valence electrons. The third-order valence-electron chi connectivity index (χ3n) is 4.20. The Bertz CT molecular complexity index is 1180. The summed E-state index contributed by atoms with van der Waals surface area (Å²) in [6.07, 6.45) is 0. The van der Waals surface area contributed by atoms with Crippen LogP contribution < -0.4 is 10.3 Å². The fourth-order valence-corrected chi connectivity index (χ4v) is 4.46. The minimum Gasteiger partial charge on any atom is -0.497 e. The zero-order chi connectivity index (χ0) is 19.5. The molecule has 0 N–H and O–H groups in total. The summed E-state index contributed by atoms with van der Waals surface area (Å²) in [4.78, 5) is 30.9. The van der Waals surface area contributed by atoms with E-state index in [9.17, 15) is 9.59 Å². The van der Waals surface area contributed by atoms with Crippen LogP contribution in [0.4, 0.5) is 0 Å². The second-order valence-electron chi connectivity index (χ2n) is 5.94. The highest BCUT2D eigenvalue weighted by molar-refractivity contribution is 7.99. The third-order valence-corrected chi connectivity index (χ3v) is 6.05. The van der Waals surface area contributed by atoms with E-state index in [1.54, 1.807) is 42.0 Å². The van der Waals surface area contributed by atoms with Crippen LogP contribution in [0.1, 0.15) is 9.67 Å². The largest absolute Gasteiger partial charge is 0.497 e. The van der Waals surface area contributed by atoms with E-state index in [0.717, 1.165) is 0 Å². The number of Topliss-reactive ketones (excluding diaryl/α,β-unsaturated/α-hetero) is 1. The lowest BCUT2D eigenvalue weighted by Crippen LogP contribution is -2.22. The Balaban J connectivity index is 1.78. The second kappa shape index (κ2) is 8.00. The van der Waals surface area contributed by atoms with E-state index in [0.29, 0.717) is 32.4 Å². The molecule has 7 heteroatoms. The standard InChI is InChI=1S/C21H16N2O3S2/c1-26-15-10-8-14(9-11-15)23-20(25)16-5-2-3-6-17(16)22-21(23)28-13-18(24)19-7-4-12-27-19/h2-12H,13H2,1H3. The number of thiophene rings is 1. The van der Waals surface area contributed by atoms with Gasteiger partial charge in [0.1, 0.15) is 5.75 Å². The Morgan fingerprint density at radius 3 is 2.61 bits per heavy atom. The van der Waals surface area contributed by atoms with Crippen molar-refractivity contribution in [1.82, 2.24) is 9.55 Å². The summed E-state index contributed by atoms with van der Waals surface area (Å²) in [6, 6.07) is 18.1. The summed E-state index contributed by atoms with van der Waals surface area (Å²) >= 11 is 2.68. The minimum absolute atomic E-state index is 0.0173.